The van der Waals surface area contributed by atoms with Gasteiger partial charge in [0.25, 0.3) is 0 Å². The topological polar surface area (TPSA) is 95.1 Å². The molecule has 0 radical (unpaired) electrons. The van der Waals surface area contributed by atoms with Crippen molar-refractivity contribution in [2.24, 2.45) is 0 Å². The Hall–Kier alpha value is -1.67. The van der Waals surface area contributed by atoms with Crippen LogP contribution in [0.3, 0.4) is 0 Å². The summed E-state index contributed by atoms with van der Waals surface area (Å²) in [4.78, 5) is 30.9. The molecule has 1 atom stereocenters. The second kappa shape index (κ2) is 7.27. The van der Waals surface area contributed by atoms with Crippen molar-refractivity contribution in [1.82, 2.24) is 15.3 Å². The van der Waals surface area contributed by atoms with Crippen LogP contribution in [0.2, 0.25) is 0 Å². The van der Waals surface area contributed by atoms with Crippen molar-refractivity contribution >= 4 is 47.3 Å². The minimum Gasteiger partial charge on any atom is -0.480 e. The SMILES string of the molecule is CC(C)(SCc1nc2ccccc2[nH]1)C(=O)NC(CS)C(=O)O. The van der Waals surface area contributed by atoms with E-state index < -0.39 is 16.8 Å². The monoisotopic (exact) mass is 353 g/mol. The zero-order valence-corrected chi connectivity index (χ0v) is 14.6. The molecule has 1 unspecified atom stereocenters. The third-order valence-corrected chi connectivity index (χ3v) is 5.03. The number of benzene rings is 1. The summed E-state index contributed by atoms with van der Waals surface area (Å²) in [6.07, 6.45) is 0. The number of hydrogen-bond acceptors (Lipinski definition) is 5. The smallest absolute Gasteiger partial charge is 0.327 e. The van der Waals surface area contributed by atoms with E-state index in [0.29, 0.717) is 5.75 Å². The fourth-order valence-electron chi connectivity index (χ4n) is 1.91. The third-order valence-electron chi connectivity index (χ3n) is 3.34. The van der Waals surface area contributed by atoms with Crippen LogP contribution in [0.25, 0.3) is 11.0 Å². The van der Waals surface area contributed by atoms with Crippen molar-refractivity contribution in [2.45, 2.75) is 30.4 Å². The Balaban J connectivity index is 1.99. The van der Waals surface area contributed by atoms with Gasteiger partial charge < -0.3 is 15.4 Å². The van der Waals surface area contributed by atoms with Crippen LogP contribution in [0.15, 0.2) is 24.3 Å². The Bertz CT molecular complexity index is 682. The summed E-state index contributed by atoms with van der Waals surface area (Å²) in [5.74, 6) is -0.0772. The molecule has 1 aromatic carbocycles. The minimum absolute atomic E-state index is 0.0470. The summed E-state index contributed by atoms with van der Waals surface area (Å²) in [6.45, 7) is 3.51. The van der Waals surface area contributed by atoms with E-state index in [1.165, 1.54) is 11.8 Å². The van der Waals surface area contributed by atoms with Gasteiger partial charge in [-0.15, -0.1) is 11.8 Å². The molecule has 1 aromatic heterocycles. The standard InChI is InChI=1S/C15H19N3O3S2/c1-15(2,14(21)18-11(7-22)13(19)20)23-8-12-16-9-5-3-4-6-10(9)17-12/h3-6,11,22H,7-8H2,1-2H3,(H,16,17)(H,18,21)(H,19,20). The van der Waals surface area contributed by atoms with Gasteiger partial charge in [-0.25, -0.2) is 9.78 Å². The van der Waals surface area contributed by atoms with Crippen molar-refractivity contribution in [2.75, 3.05) is 5.75 Å². The average molecular weight is 353 g/mol. The van der Waals surface area contributed by atoms with Gasteiger partial charge in [-0.05, 0) is 26.0 Å². The van der Waals surface area contributed by atoms with Crippen LogP contribution in [0, 0.1) is 0 Å². The second-order valence-corrected chi connectivity index (χ2v) is 7.51. The number of H-pyrrole nitrogens is 1. The van der Waals surface area contributed by atoms with E-state index in [0.717, 1.165) is 16.9 Å². The van der Waals surface area contributed by atoms with Gasteiger partial charge in [0, 0.05) is 5.75 Å². The molecule has 3 N–H and O–H groups in total. The number of thiol groups is 1. The number of aromatic nitrogens is 2. The van der Waals surface area contributed by atoms with Crippen molar-refractivity contribution in [3.8, 4) is 0 Å². The molecular weight excluding hydrogens is 334 g/mol. The minimum atomic E-state index is -1.09. The predicted molar refractivity (Wildman–Crippen MR) is 94.9 cm³/mol. The first-order chi connectivity index (χ1) is 10.8. The molecule has 0 fully saturated rings. The third kappa shape index (κ3) is 4.42. The van der Waals surface area contributed by atoms with Gasteiger partial charge in [0.1, 0.15) is 11.9 Å². The van der Waals surface area contributed by atoms with Crippen molar-refractivity contribution < 1.29 is 14.7 Å². The van der Waals surface area contributed by atoms with Crippen LogP contribution in [-0.2, 0) is 15.3 Å². The molecule has 0 aliphatic rings. The van der Waals surface area contributed by atoms with E-state index in [1.54, 1.807) is 13.8 Å². The van der Waals surface area contributed by atoms with E-state index >= 15 is 0 Å². The van der Waals surface area contributed by atoms with E-state index in [4.69, 9.17) is 5.11 Å². The lowest BCUT2D eigenvalue weighted by molar-refractivity contribution is -0.141. The lowest BCUT2D eigenvalue weighted by Gasteiger charge is -2.24. The number of thioether (sulfide) groups is 1. The number of rotatable bonds is 7. The Kier molecular flexibility index (Phi) is 5.59. The Morgan fingerprint density at radius 1 is 1.43 bits per heavy atom. The quantitative estimate of drug-likeness (QED) is 0.572. The molecule has 2 rings (SSSR count). The number of nitrogens with zero attached hydrogens (tertiary/aromatic N) is 1. The van der Waals surface area contributed by atoms with E-state index in [-0.39, 0.29) is 11.7 Å². The van der Waals surface area contributed by atoms with Crippen molar-refractivity contribution in [3.05, 3.63) is 30.1 Å². The van der Waals surface area contributed by atoms with Crippen LogP contribution in [0.4, 0.5) is 0 Å². The molecule has 2 aromatic rings. The maximum absolute atomic E-state index is 12.3. The summed E-state index contributed by atoms with van der Waals surface area (Å²) < 4.78 is -0.782. The molecule has 8 heteroatoms. The van der Waals surface area contributed by atoms with Crippen LogP contribution in [0.1, 0.15) is 19.7 Å². The normalized spacial score (nSPS) is 13.0. The van der Waals surface area contributed by atoms with Crippen LogP contribution in [0.5, 0.6) is 0 Å². The molecule has 0 aliphatic carbocycles. The van der Waals surface area contributed by atoms with Crippen LogP contribution < -0.4 is 5.32 Å². The number of aliphatic carboxylic acids is 1. The molecule has 0 bridgehead atoms. The highest BCUT2D eigenvalue weighted by molar-refractivity contribution is 8.00. The highest BCUT2D eigenvalue weighted by Gasteiger charge is 2.31. The van der Waals surface area contributed by atoms with Gasteiger partial charge in [0.2, 0.25) is 5.91 Å². The first-order valence-corrected chi connectivity index (χ1v) is 8.67. The van der Waals surface area contributed by atoms with Gasteiger partial charge in [-0.3, -0.25) is 4.79 Å². The first-order valence-electron chi connectivity index (χ1n) is 7.05. The van der Waals surface area contributed by atoms with Gasteiger partial charge >= 0.3 is 5.97 Å². The molecule has 0 aliphatic heterocycles. The molecule has 0 saturated heterocycles. The zero-order chi connectivity index (χ0) is 17.0. The number of para-hydroxylation sites is 2. The largest absolute Gasteiger partial charge is 0.480 e. The van der Waals surface area contributed by atoms with Crippen LogP contribution >= 0.6 is 24.4 Å². The van der Waals surface area contributed by atoms with E-state index in [2.05, 4.69) is 27.9 Å². The highest BCUT2D eigenvalue weighted by atomic mass is 32.2. The van der Waals surface area contributed by atoms with Crippen molar-refractivity contribution in [3.63, 3.8) is 0 Å². The number of aromatic amines is 1. The summed E-state index contributed by atoms with van der Waals surface area (Å²) >= 11 is 5.34. The number of nitrogens with one attached hydrogen (secondary N) is 2. The predicted octanol–water partition coefficient (Wildman–Crippen LogP) is 2.07. The lowest BCUT2D eigenvalue weighted by atomic mass is 10.2. The number of hydrogen-bond donors (Lipinski definition) is 4. The maximum atomic E-state index is 12.3. The van der Waals surface area contributed by atoms with Crippen molar-refractivity contribution in [1.29, 1.82) is 0 Å². The number of carbonyl (C=O) groups excluding carboxylic acids is 1. The van der Waals surface area contributed by atoms with Gasteiger partial charge in [0.05, 0.1) is 21.5 Å². The molecule has 124 valence electrons. The summed E-state index contributed by atoms with van der Waals surface area (Å²) in [6, 6.07) is 6.72. The van der Waals surface area contributed by atoms with Gasteiger partial charge in [-0.2, -0.15) is 12.6 Å². The van der Waals surface area contributed by atoms with E-state index in [1.807, 2.05) is 24.3 Å². The maximum Gasteiger partial charge on any atom is 0.327 e. The summed E-state index contributed by atoms with van der Waals surface area (Å²) in [7, 11) is 0. The second-order valence-electron chi connectivity index (χ2n) is 5.55. The van der Waals surface area contributed by atoms with Crippen LogP contribution in [-0.4, -0.2) is 43.5 Å². The number of imidazole rings is 1. The Labute approximate surface area is 143 Å². The molecule has 6 nitrogen and oxygen atoms in total. The lowest BCUT2D eigenvalue weighted by Crippen LogP contribution is -2.49. The summed E-state index contributed by atoms with van der Waals surface area (Å²) in [5, 5.41) is 11.5. The van der Waals surface area contributed by atoms with Gasteiger partial charge in [0.15, 0.2) is 0 Å². The fraction of sp³-hybridized carbons (Fsp3) is 0.400. The molecule has 1 heterocycles. The first kappa shape index (κ1) is 17.7. The summed E-state index contributed by atoms with van der Waals surface area (Å²) in [5.41, 5.74) is 1.83. The number of carbonyl (C=O) groups is 2. The molecule has 1 amide bonds. The highest BCUT2D eigenvalue weighted by Crippen LogP contribution is 2.28. The zero-order valence-electron chi connectivity index (χ0n) is 12.9. The van der Waals surface area contributed by atoms with E-state index in [9.17, 15) is 9.59 Å². The van der Waals surface area contributed by atoms with Gasteiger partial charge in [-0.1, -0.05) is 12.1 Å². The Morgan fingerprint density at radius 3 is 2.74 bits per heavy atom. The number of carboxylic acid groups (broad SMARTS) is 1. The average Bonchev–Trinajstić information content (AvgIpc) is 2.93. The number of amides is 1. The molecular formula is C15H19N3O3S2. The Morgan fingerprint density at radius 2 is 2.13 bits per heavy atom. The fourth-order valence-corrected chi connectivity index (χ4v) is 2.98. The number of carboxylic acids is 1. The molecule has 0 saturated carbocycles. The molecule has 0 spiro atoms. The molecule has 23 heavy (non-hydrogen) atoms. The number of fused-ring (bicyclic) bond motifs is 1.